The molecule has 0 spiro atoms. The zero-order valence-electron chi connectivity index (χ0n) is 42.3. The predicted octanol–water partition coefficient (Wildman–Crippen LogP) is 7.60. The van der Waals surface area contributed by atoms with E-state index in [1.54, 1.807) is 6.08 Å². The first-order chi connectivity index (χ1) is 33.6. The standard InChI is InChI=1S/C55H95NO13/c1-3-5-7-9-11-13-15-17-19-20-21-22-23-24-25-27-29-31-33-35-37-39-47(60)56-43(44(59)38-36-34-32-30-28-26-18-16-14-12-10-8-6-4-2)42-66-54-52(65)50(63)53(46(41-58)68-54)69-55-51(64)49(62)48(61)45(40-57)67-55/h5,7,11,13,17,19,21-22,24-25,36,38,43-46,48-55,57-59,61-65H,3-4,6,8-10,12,14-16,18,20,23,26-35,37,39-42H2,1-2H3,(H,56,60)/b7-5-,13-11-,19-17-,22-21-,25-24-,38-36+. The third-order valence-electron chi connectivity index (χ3n) is 12.6. The molecule has 0 radical (unpaired) electrons. The first kappa shape index (κ1) is 62.5. The number of unbranched alkanes of at least 4 members (excludes halogenated alkanes) is 17. The summed E-state index contributed by atoms with van der Waals surface area (Å²) in [5.41, 5.74) is 0. The zero-order chi connectivity index (χ0) is 50.3. The molecule has 14 nitrogen and oxygen atoms in total. The molecule has 12 atom stereocenters. The summed E-state index contributed by atoms with van der Waals surface area (Å²) in [6, 6.07) is -0.928. The summed E-state index contributed by atoms with van der Waals surface area (Å²) < 4.78 is 22.7. The first-order valence-electron chi connectivity index (χ1n) is 26.7. The van der Waals surface area contributed by atoms with E-state index in [1.165, 1.54) is 64.2 Å². The van der Waals surface area contributed by atoms with Crippen LogP contribution >= 0.6 is 0 Å². The average molecular weight is 978 g/mol. The number of hydrogen-bond donors (Lipinski definition) is 9. The van der Waals surface area contributed by atoms with Crippen LogP contribution in [0, 0.1) is 0 Å². The summed E-state index contributed by atoms with van der Waals surface area (Å²) in [6.07, 6.45) is 35.0. The van der Waals surface area contributed by atoms with Crippen LogP contribution in [0.3, 0.4) is 0 Å². The molecule has 0 aromatic heterocycles. The highest BCUT2D eigenvalue weighted by Crippen LogP contribution is 2.30. The molecule has 69 heavy (non-hydrogen) atoms. The van der Waals surface area contributed by atoms with E-state index in [2.05, 4.69) is 79.9 Å². The van der Waals surface area contributed by atoms with Crippen molar-refractivity contribution in [3.05, 3.63) is 72.9 Å². The Bertz CT molecular complexity index is 1430. The molecule has 0 saturated carbocycles. The Labute approximate surface area is 415 Å². The van der Waals surface area contributed by atoms with Crippen LogP contribution in [0.25, 0.3) is 0 Å². The van der Waals surface area contributed by atoms with Crippen molar-refractivity contribution in [2.45, 2.75) is 248 Å². The van der Waals surface area contributed by atoms with Gasteiger partial charge >= 0.3 is 0 Å². The molecule has 14 heteroatoms. The van der Waals surface area contributed by atoms with Crippen molar-refractivity contribution in [2.75, 3.05) is 19.8 Å². The van der Waals surface area contributed by atoms with Gasteiger partial charge in [-0.1, -0.05) is 177 Å². The van der Waals surface area contributed by atoms with Crippen LogP contribution in [0.1, 0.15) is 174 Å². The summed E-state index contributed by atoms with van der Waals surface area (Å²) in [4.78, 5) is 13.2. The van der Waals surface area contributed by atoms with Gasteiger partial charge in [0, 0.05) is 6.42 Å². The molecule has 0 aromatic carbocycles. The van der Waals surface area contributed by atoms with Gasteiger partial charge < -0.3 is 65.1 Å². The lowest BCUT2D eigenvalue weighted by atomic mass is 9.97. The molecule has 2 fully saturated rings. The highest BCUT2D eigenvalue weighted by atomic mass is 16.7. The van der Waals surface area contributed by atoms with Gasteiger partial charge in [0.1, 0.15) is 48.8 Å². The quantitative estimate of drug-likeness (QED) is 0.0213. The van der Waals surface area contributed by atoms with E-state index in [-0.39, 0.29) is 18.9 Å². The summed E-state index contributed by atoms with van der Waals surface area (Å²) >= 11 is 0. The molecular formula is C55H95NO13. The van der Waals surface area contributed by atoms with Crippen molar-refractivity contribution in [1.29, 1.82) is 0 Å². The number of carbonyl (C=O) groups excluding carboxylic acids is 1. The van der Waals surface area contributed by atoms with E-state index in [9.17, 15) is 45.6 Å². The molecule has 2 rings (SSSR count). The number of amides is 1. The maximum absolute atomic E-state index is 13.2. The van der Waals surface area contributed by atoms with Gasteiger partial charge in [0.05, 0.1) is 32.0 Å². The Morgan fingerprint density at radius 1 is 0.536 bits per heavy atom. The number of aliphatic hydroxyl groups excluding tert-OH is 8. The molecule has 1 amide bonds. The molecule has 9 N–H and O–H groups in total. The predicted molar refractivity (Wildman–Crippen MR) is 272 cm³/mol. The summed E-state index contributed by atoms with van der Waals surface area (Å²) in [7, 11) is 0. The summed E-state index contributed by atoms with van der Waals surface area (Å²) in [5, 5.41) is 86.8. The van der Waals surface area contributed by atoms with Gasteiger partial charge in [-0.2, -0.15) is 0 Å². The number of allylic oxidation sites excluding steroid dienone is 11. The zero-order valence-corrected chi connectivity index (χ0v) is 42.3. The van der Waals surface area contributed by atoms with E-state index in [0.717, 1.165) is 83.5 Å². The SMILES string of the molecule is CC/C=C\C/C=C\C/C=C\C/C=C\C/C=C\CCCCCCCC(=O)NC(COC1OC(CO)C(OC2OC(CO)C(O)C(O)C2O)C(O)C1O)C(O)/C=C/CCCCCCCCCCCCCC. The van der Waals surface area contributed by atoms with Crippen molar-refractivity contribution < 1.29 is 64.6 Å². The second-order valence-corrected chi connectivity index (χ2v) is 18.6. The van der Waals surface area contributed by atoms with Crippen molar-refractivity contribution in [3.63, 3.8) is 0 Å². The normalized spacial score (nSPS) is 26.8. The van der Waals surface area contributed by atoms with Crippen molar-refractivity contribution >= 4 is 5.91 Å². The molecule has 2 aliphatic rings. The summed E-state index contributed by atoms with van der Waals surface area (Å²) in [5.74, 6) is -0.262. The number of hydrogen-bond acceptors (Lipinski definition) is 13. The number of aliphatic hydroxyl groups is 8. The third-order valence-corrected chi connectivity index (χ3v) is 12.6. The monoisotopic (exact) mass is 978 g/mol. The third kappa shape index (κ3) is 27.7. The number of carbonyl (C=O) groups is 1. The second kappa shape index (κ2) is 41.0. The summed E-state index contributed by atoms with van der Waals surface area (Å²) in [6.45, 7) is 2.64. The van der Waals surface area contributed by atoms with Crippen LogP contribution in [-0.2, 0) is 23.7 Å². The number of nitrogens with one attached hydrogen (secondary N) is 1. The highest BCUT2D eigenvalue weighted by molar-refractivity contribution is 5.76. The van der Waals surface area contributed by atoms with E-state index in [0.29, 0.717) is 6.42 Å². The fourth-order valence-electron chi connectivity index (χ4n) is 8.32. The number of ether oxygens (including phenoxy) is 4. The van der Waals surface area contributed by atoms with Gasteiger partial charge in [0.25, 0.3) is 0 Å². The van der Waals surface area contributed by atoms with Crippen LogP contribution in [0.4, 0.5) is 0 Å². The Kier molecular flexibility index (Phi) is 37.1. The van der Waals surface area contributed by atoms with Crippen LogP contribution in [-0.4, -0.2) is 140 Å². The molecule has 398 valence electrons. The lowest BCUT2D eigenvalue weighted by Crippen LogP contribution is -2.65. The lowest BCUT2D eigenvalue weighted by molar-refractivity contribution is -0.359. The van der Waals surface area contributed by atoms with E-state index < -0.39 is 86.8 Å². The Morgan fingerprint density at radius 3 is 1.54 bits per heavy atom. The molecule has 2 aliphatic heterocycles. The second-order valence-electron chi connectivity index (χ2n) is 18.6. The van der Waals surface area contributed by atoms with Crippen LogP contribution in [0.2, 0.25) is 0 Å². The van der Waals surface area contributed by atoms with Gasteiger partial charge in [0.2, 0.25) is 5.91 Å². The average Bonchev–Trinajstić information content (AvgIpc) is 3.35. The maximum Gasteiger partial charge on any atom is 0.220 e. The molecule has 2 saturated heterocycles. The smallest absolute Gasteiger partial charge is 0.220 e. The maximum atomic E-state index is 13.2. The molecule has 2 heterocycles. The highest BCUT2D eigenvalue weighted by Gasteiger charge is 2.51. The molecule has 0 aliphatic carbocycles. The van der Waals surface area contributed by atoms with E-state index in [4.69, 9.17) is 18.9 Å². The Morgan fingerprint density at radius 2 is 1.00 bits per heavy atom. The van der Waals surface area contributed by atoms with Crippen molar-refractivity contribution in [1.82, 2.24) is 5.32 Å². The minimum Gasteiger partial charge on any atom is -0.394 e. The molecular weight excluding hydrogens is 883 g/mol. The van der Waals surface area contributed by atoms with E-state index >= 15 is 0 Å². The van der Waals surface area contributed by atoms with Gasteiger partial charge in [-0.25, -0.2) is 0 Å². The van der Waals surface area contributed by atoms with Crippen molar-refractivity contribution in [2.24, 2.45) is 0 Å². The fourth-order valence-corrected chi connectivity index (χ4v) is 8.32. The minimum absolute atomic E-state index is 0.255. The van der Waals surface area contributed by atoms with E-state index in [1.807, 2.05) is 6.08 Å². The van der Waals surface area contributed by atoms with Crippen LogP contribution < -0.4 is 5.32 Å². The van der Waals surface area contributed by atoms with Crippen LogP contribution in [0.5, 0.6) is 0 Å². The van der Waals surface area contributed by atoms with Gasteiger partial charge in [-0.15, -0.1) is 0 Å². The van der Waals surface area contributed by atoms with Gasteiger partial charge in [-0.05, 0) is 64.2 Å². The largest absolute Gasteiger partial charge is 0.394 e. The topological polar surface area (TPSA) is 228 Å². The molecule has 0 bridgehead atoms. The Balaban J connectivity index is 1.83. The first-order valence-corrected chi connectivity index (χ1v) is 26.7. The molecule has 0 aromatic rings. The Hall–Kier alpha value is -2.57. The van der Waals surface area contributed by atoms with Gasteiger partial charge in [-0.3, -0.25) is 4.79 Å². The fraction of sp³-hybridized carbons (Fsp3) is 0.764. The van der Waals surface area contributed by atoms with Gasteiger partial charge in [0.15, 0.2) is 12.6 Å². The van der Waals surface area contributed by atoms with Crippen molar-refractivity contribution in [3.8, 4) is 0 Å². The number of rotatable bonds is 40. The van der Waals surface area contributed by atoms with Crippen LogP contribution in [0.15, 0.2) is 72.9 Å². The molecule has 12 unspecified atom stereocenters. The lowest BCUT2D eigenvalue weighted by Gasteiger charge is -2.46. The minimum atomic E-state index is -1.79.